The zero-order chi connectivity index (χ0) is 23.6. The molecule has 2 aliphatic heterocycles. The van der Waals surface area contributed by atoms with Crippen LogP contribution in [0.4, 0.5) is 5.69 Å². The molecule has 1 saturated heterocycles. The number of aliphatic hydroxyl groups is 1. The number of aryl methyl sites for hydroxylation is 2. The number of aliphatic hydroxyl groups excluding tert-OH is 1. The number of esters is 1. The van der Waals surface area contributed by atoms with Crippen LogP contribution in [0.3, 0.4) is 0 Å². The molecule has 0 radical (unpaired) electrons. The van der Waals surface area contributed by atoms with Crippen molar-refractivity contribution in [2.75, 3.05) is 25.1 Å². The molecule has 1 unspecified atom stereocenters. The normalized spacial score (nSPS) is 19.8. The van der Waals surface area contributed by atoms with Gasteiger partial charge in [-0.1, -0.05) is 30.3 Å². The summed E-state index contributed by atoms with van der Waals surface area (Å²) in [6.45, 7) is 3.10. The molecule has 2 aromatic rings. The molecule has 9 heteroatoms. The molecule has 33 heavy (non-hydrogen) atoms. The van der Waals surface area contributed by atoms with E-state index in [0.29, 0.717) is 39.0 Å². The Morgan fingerprint density at radius 2 is 1.85 bits per heavy atom. The molecule has 2 aliphatic rings. The lowest BCUT2D eigenvalue weighted by Gasteiger charge is -2.44. The van der Waals surface area contributed by atoms with Crippen LogP contribution in [-0.4, -0.2) is 56.5 Å². The highest BCUT2D eigenvalue weighted by Gasteiger charge is 2.37. The molecule has 0 bridgehead atoms. The summed E-state index contributed by atoms with van der Waals surface area (Å²) in [5.41, 5.74) is 3.96. The van der Waals surface area contributed by atoms with E-state index in [4.69, 9.17) is 4.74 Å². The van der Waals surface area contributed by atoms with E-state index in [9.17, 15) is 18.3 Å². The Labute approximate surface area is 194 Å². The molecule has 1 fully saturated rings. The van der Waals surface area contributed by atoms with Gasteiger partial charge in [0, 0.05) is 36.8 Å². The number of piperidine rings is 1. The lowest BCUT2D eigenvalue weighted by molar-refractivity contribution is -0.140. The van der Waals surface area contributed by atoms with Crippen molar-refractivity contribution in [3.8, 4) is 0 Å². The first-order chi connectivity index (χ1) is 15.8. The number of carbonyl (C=O) groups is 1. The fourth-order valence-corrected chi connectivity index (χ4v) is 6.08. The number of para-hydroxylation sites is 1. The molecule has 1 atom stereocenters. The Kier molecular flexibility index (Phi) is 7.04. The number of anilines is 1. The van der Waals surface area contributed by atoms with Crippen LogP contribution < -0.4 is 4.90 Å². The van der Waals surface area contributed by atoms with Gasteiger partial charge in [-0.15, -0.1) is 0 Å². The lowest BCUT2D eigenvalue weighted by atomic mass is 9.99. The van der Waals surface area contributed by atoms with Gasteiger partial charge in [0.15, 0.2) is 0 Å². The average molecular weight is 475 g/mol. The minimum absolute atomic E-state index is 0.0210. The average Bonchev–Trinajstić information content (AvgIpc) is 2.83. The highest BCUT2D eigenvalue weighted by molar-refractivity contribution is 7.89. The summed E-state index contributed by atoms with van der Waals surface area (Å²) in [6.07, 6.45) is 0.892. The summed E-state index contributed by atoms with van der Waals surface area (Å²) in [4.78, 5) is 13.5. The minimum Gasteiger partial charge on any atom is -0.469 e. The van der Waals surface area contributed by atoms with Crippen LogP contribution in [0.15, 0.2) is 47.4 Å². The first-order valence-electron chi connectivity index (χ1n) is 11.1. The summed E-state index contributed by atoms with van der Waals surface area (Å²) < 4.78 is 38.1. The fourth-order valence-electron chi connectivity index (χ4n) is 4.61. The summed E-state index contributed by atoms with van der Waals surface area (Å²) in [7, 11) is -2.27. The van der Waals surface area contributed by atoms with Crippen LogP contribution >= 0.6 is 0 Å². The minimum atomic E-state index is -3.62. The zero-order valence-electron chi connectivity index (χ0n) is 18.9. The third-order valence-electron chi connectivity index (χ3n) is 6.43. The number of rotatable bonds is 6. The highest BCUT2D eigenvalue weighted by Crippen LogP contribution is 2.36. The Bertz CT molecular complexity index is 1090. The van der Waals surface area contributed by atoms with Crippen LogP contribution in [0.25, 0.3) is 0 Å². The quantitative estimate of drug-likeness (QED) is 0.643. The Hall–Kier alpha value is -2.46. The molecular formula is C24H30N2O6S. The maximum Gasteiger partial charge on any atom is 0.305 e. The van der Waals surface area contributed by atoms with Gasteiger partial charge < -0.3 is 19.5 Å². The van der Waals surface area contributed by atoms with E-state index < -0.39 is 16.4 Å². The predicted molar refractivity (Wildman–Crippen MR) is 123 cm³/mol. The van der Waals surface area contributed by atoms with Crippen LogP contribution in [0.5, 0.6) is 0 Å². The summed E-state index contributed by atoms with van der Waals surface area (Å²) >= 11 is 0. The van der Waals surface area contributed by atoms with Crippen LogP contribution in [0.1, 0.15) is 36.0 Å². The summed E-state index contributed by atoms with van der Waals surface area (Å²) in [6, 6.07) is 12.6. The topological polar surface area (TPSA) is 96.4 Å². The van der Waals surface area contributed by atoms with E-state index in [1.807, 2.05) is 30.0 Å². The number of ether oxygens (including phenoxy) is 2. The molecule has 0 aliphatic carbocycles. The Balaban J connectivity index is 1.43. The van der Waals surface area contributed by atoms with Crippen LogP contribution in [-0.2, 0) is 37.3 Å². The van der Waals surface area contributed by atoms with Gasteiger partial charge >= 0.3 is 5.97 Å². The van der Waals surface area contributed by atoms with Crippen LogP contribution in [0.2, 0.25) is 0 Å². The number of methoxy groups -OCH3 is 1. The van der Waals surface area contributed by atoms with Crippen molar-refractivity contribution in [2.24, 2.45) is 0 Å². The lowest BCUT2D eigenvalue weighted by Crippen LogP contribution is -2.53. The van der Waals surface area contributed by atoms with Gasteiger partial charge in [0.2, 0.25) is 16.4 Å². The standard InChI is InChI=1S/C24H30N2O6S/c1-17-4-3-5-19-16-32-24(28)26(23(17)19)20-12-14-25(15-13-20)33(29,30)21-9-6-18(7-10-21)8-11-22(27)31-2/h3-7,9-10,20,24,28H,8,11-16H2,1-2H3. The first-order valence-corrected chi connectivity index (χ1v) is 12.6. The summed E-state index contributed by atoms with van der Waals surface area (Å²) in [5.74, 6) is -0.295. The first kappa shape index (κ1) is 23.7. The SMILES string of the molecule is COC(=O)CCc1ccc(S(=O)(=O)N2CCC(N3c4c(C)cccc4COC3O)CC2)cc1. The van der Waals surface area contributed by atoms with Crippen molar-refractivity contribution in [1.29, 1.82) is 0 Å². The monoisotopic (exact) mass is 474 g/mol. The molecule has 8 nitrogen and oxygen atoms in total. The van der Waals surface area contributed by atoms with Crippen molar-refractivity contribution in [3.63, 3.8) is 0 Å². The van der Waals surface area contributed by atoms with Gasteiger partial charge in [-0.2, -0.15) is 4.31 Å². The molecule has 1 N–H and O–H groups in total. The van der Waals surface area contributed by atoms with Gasteiger partial charge in [-0.3, -0.25) is 4.79 Å². The largest absolute Gasteiger partial charge is 0.469 e. The molecule has 4 rings (SSSR count). The Morgan fingerprint density at radius 3 is 2.52 bits per heavy atom. The Morgan fingerprint density at radius 1 is 1.15 bits per heavy atom. The number of nitrogens with zero attached hydrogens (tertiary/aromatic N) is 2. The van der Waals surface area contributed by atoms with E-state index in [0.717, 1.165) is 22.4 Å². The molecule has 0 amide bonds. The maximum atomic E-state index is 13.2. The number of carbonyl (C=O) groups excluding carboxylic acids is 1. The van der Waals surface area contributed by atoms with E-state index in [1.54, 1.807) is 24.3 Å². The number of hydrogen-bond donors (Lipinski definition) is 1. The molecule has 2 aromatic carbocycles. The number of hydrogen-bond acceptors (Lipinski definition) is 7. The fraction of sp³-hybridized carbons (Fsp3) is 0.458. The molecule has 0 aromatic heterocycles. The second kappa shape index (κ2) is 9.80. The van der Waals surface area contributed by atoms with Crippen molar-refractivity contribution in [2.45, 2.75) is 56.6 Å². The van der Waals surface area contributed by atoms with Crippen molar-refractivity contribution < 1.29 is 27.8 Å². The van der Waals surface area contributed by atoms with E-state index in [-0.39, 0.29) is 23.3 Å². The molecule has 178 valence electrons. The van der Waals surface area contributed by atoms with Gasteiger partial charge in [0.25, 0.3) is 0 Å². The second-order valence-corrected chi connectivity index (χ2v) is 10.4. The molecule has 0 spiro atoms. The number of fused-ring (bicyclic) bond motifs is 1. The number of benzene rings is 2. The van der Waals surface area contributed by atoms with Crippen molar-refractivity contribution in [1.82, 2.24) is 4.31 Å². The molecule has 2 heterocycles. The smallest absolute Gasteiger partial charge is 0.305 e. The van der Waals surface area contributed by atoms with Gasteiger partial charge in [0.1, 0.15) is 0 Å². The van der Waals surface area contributed by atoms with Gasteiger partial charge in [-0.05, 0) is 49.4 Å². The third kappa shape index (κ3) is 4.91. The number of sulfonamides is 1. The van der Waals surface area contributed by atoms with E-state index in [2.05, 4.69) is 4.74 Å². The predicted octanol–water partition coefficient (Wildman–Crippen LogP) is 2.57. The molecule has 0 saturated carbocycles. The van der Waals surface area contributed by atoms with Gasteiger partial charge in [0.05, 0.1) is 18.6 Å². The van der Waals surface area contributed by atoms with E-state index in [1.165, 1.54) is 11.4 Å². The van der Waals surface area contributed by atoms with Crippen LogP contribution in [0, 0.1) is 6.92 Å². The molecular weight excluding hydrogens is 444 g/mol. The van der Waals surface area contributed by atoms with Gasteiger partial charge in [-0.25, -0.2) is 8.42 Å². The summed E-state index contributed by atoms with van der Waals surface area (Å²) in [5, 5.41) is 10.6. The third-order valence-corrected chi connectivity index (χ3v) is 8.34. The van der Waals surface area contributed by atoms with Crippen molar-refractivity contribution in [3.05, 3.63) is 59.2 Å². The zero-order valence-corrected chi connectivity index (χ0v) is 19.8. The van der Waals surface area contributed by atoms with E-state index >= 15 is 0 Å². The van der Waals surface area contributed by atoms with Crippen molar-refractivity contribution >= 4 is 21.7 Å². The highest BCUT2D eigenvalue weighted by atomic mass is 32.2. The maximum absolute atomic E-state index is 13.2. The second-order valence-electron chi connectivity index (χ2n) is 8.48.